The first kappa shape index (κ1) is 37.8. The highest BCUT2D eigenvalue weighted by Gasteiger charge is 2.23. The second-order valence-electron chi connectivity index (χ2n) is 17.3. The van der Waals surface area contributed by atoms with E-state index in [9.17, 15) is 0 Å². The molecule has 2 aliphatic carbocycles. The number of para-hydroxylation sites is 2. The first-order valence-corrected chi connectivity index (χ1v) is 22.5. The van der Waals surface area contributed by atoms with E-state index in [2.05, 4.69) is 247 Å². The molecule has 0 N–H and O–H groups in total. The van der Waals surface area contributed by atoms with Crippen LogP contribution >= 0.6 is 0 Å². The van der Waals surface area contributed by atoms with Crippen molar-refractivity contribution in [1.29, 1.82) is 0 Å². The maximum Gasteiger partial charge on any atom is 0.0537 e. The van der Waals surface area contributed by atoms with Crippen molar-refractivity contribution >= 4 is 34.0 Å². The Kier molecular flexibility index (Phi) is 9.30. The molecule has 8 aromatic carbocycles. The van der Waals surface area contributed by atoms with E-state index in [0.29, 0.717) is 5.92 Å². The summed E-state index contributed by atoms with van der Waals surface area (Å²) in [5, 5.41) is 2.66. The van der Waals surface area contributed by atoms with Gasteiger partial charge >= 0.3 is 0 Å². The third-order valence-electron chi connectivity index (χ3n) is 13.4. The van der Waals surface area contributed by atoms with Gasteiger partial charge in [-0.25, -0.2) is 0 Å². The predicted octanol–water partition coefficient (Wildman–Crippen LogP) is 16.6. The highest BCUT2D eigenvalue weighted by Crippen LogP contribution is 2.42. The fourth-order valence-corrected chi connectivity index (χ4v) is 10.3. The van der Waals surface area contributed by atoms with Crippen LogP contribution in [0.4, 0.5) is 0 Å². The molecular weight excluding hydrogens is 773 g/mol. The molecule has 0 bridgehead atoms. The number of aromatic nitrogens is 2. The third-order valence-corrected chi connectivity index (χ3v) is 13.4. The van der Waals surface area contributed by atoms with Crippen molar-refractivity contribution in [2.75, 3.05) is 0 Å². The summed E-state index contributed by atoms with van der Waals surface area (Å²) in [4.78, 5) is 0. The quantitative estimate of drug-likeness (QED) is 0.152. The number of benzene rings is 8. The van der Waals surface area contributed by atoms with Crippen LogP contribution in [0.3, 0.4) is 0 Å². The van der Waals surface area contributed by atoms with Crippen LogP contribution in [-0.4, -0.2) is 9.13 Å². The first-order valence-electron chi connectivity index (χ1n) is 22.5. The zero-order valence-electron chi connectivity index (χ0n) is 35.8. The molecule has 64 heavy (non-hydrogen) atoms. The van der Waals surface area contributed by atoms with Gasteiger partial charge in [0, 0.05) is 27.8 Å². The van der Waals surface area contributed by atoms with Crippen molar-refractivity contribution in [1.82, 2.24) is 9.13 Å². The number of fused-ring (bicyclic) bond motifs is 6. The van der Waals surface area contributed by atoms with E-state index in [1.54, 1.807) is 0 Å². The lowest BCUT2D eigenvalue weighted by molar-refractivity contribution is 0.773. The van der Waals surface area contributed by atoms with Crippen molar-refractivity contribution < 1.29 is 0 Å². The fraction of sp³-hybridized carbons (Fsp3) is 0.0645. The van der Waals surface area contributed by atoms with E-state index in [1.165, 1.54) is 106 Å². The summed E-state index contributed by atoms with van der Waals surface area (Å²) in [5.41, 5.74) is 22.1. The molecule has 0 fully saturated rings. The number of hydrogen-bond acceptors (Lipinski definition) is 0. The molecule has 2 aliphatic rings. The van der Waals surface area contributed by atoms with Crippen LogP contribution in [0.1, 0.15) is 41.8 Å². The average molecular weight is 819 g/mol. The molecule has 1 atom stereocenters. The van der Waals surface area contributed by atoms with E-state index in [4.69, 9.17) is 0 Å². The smallest absolute Gasteiger partial charge is 0.0537 e. The average Bonchev–Trinajstić information content (AvgIpc) is 3.75. The summed E-state index contributed by atoms with van der Waals surface area (Å²) in [7, 11) is 0. The summed E-state index contributed by atoms with van der Waals surface area (Å²) in [6.07, 6.45) is 15.5. The Labute approximate surface area is 375 Å². The molecule has 1 unspecified atom stereocenters. The largest absolute Gasteiger partial charge is 0.310 e. The Morgan fingerprint density at radius 3 is 1.36 bits per heavy atom. The van der Waals surface area contributed by atoms with Crippen molar-refractivity contribution in [3.63, 3.8) is 0 Å². The minimum absolute atomic E-state index is 0.487. The highest BCUT2D eigenvalue weighted by atomic mass is 15.0. The zero-order chi connectivity index (χ0) is 42.6. The summed E-state index contributed by atoms with van der Waals surface area (Å²) < 4.78 is 4.86. The maximum atomic E-state index is 2.44. The van der Waals surface area contributed by atoms with Gasteiger partial charge in [-0.2, -0.15) is 0 Å². The Bertz CT molecular complexity index is 3330. The molecule has 2 nitrogen and oxygen atoms in total. The van der Waals surface area contributed by atoms with E-state index in [0.717, 1.165) is 18.5 Å². The van der Waals surface area contributed by atoms with Crippen molar-refractivity contribution in [3.05, 3.63) is 241 Å². The molecule has 0 radical (unpaired) electrons. The molecule has 2 heteroatoms. The Morgan fingerprint density at radius 1 is 0.375 bits per heavy atom. The van der Waals surface area contributed by atoms with E-state index >= 15 is 0 Å². The van der Waals surface area contributed by atoms with Gasteiger partial charge < -0.3 is 9.13 Å². The van der Waals surface area contributed by atoms with E-state index in [-0.39, 0.29) is 0 Å². The minimum Gasteiger partial charge on any atom is -0.310 e. The molecule has 304 valence electrons. The van der Waals surface area contributed by atoms with Crippen molar-refractivity contribution in [2.45, 2.75) is 25.7 Å². The van der Waals surface area contributed by atoms with Crippen LogP contribution in [0, 0.1) is 0 Å². The summed E-state index contributed by atoms with van der Waals surface area (Å²) in [5.74, 6) is 0.487. The third kappa shape index (κ3) is 6.58. The van der Waals surface area contributed by atoms with Crippen LogP contribution in [0.5, 0.6) is 0 Å². The van der Waals surface area contributed by atoms with Crippen LogP contribution in [-0.2, 0) is 6.42 Å². The summed E-state index contributed by atoms with van der Waals surface area (Å²) in [6.45, 7) is 2.35. The van der Waals surface area contributed by atoms with E-state index in [1.807, 2.05) is 0 Å². The predicted molar refractivity (Wildman–Crippen MR) is 271 cm³/mol. The SMILES string of the molecule is CC1CC=Cc2c1c1ccccc1n2-c1ccc(-c2cc(-c3ccccc3)cc(-c3cc(-c4ccccc4)cc(-c4ccc(-n5c6c(c7ccccc75)CC=CC=C6)cc4)c3)c2)cc1. The van der Waals surface area contributed by atoms with Gasteiger partial charge in [0.2, 0.25) is 0 Å². The first-order chi connectivity index (χ1) is 31.6. The van der Waals surface area contributed by atoms with Gasteiger partial charge in [-0.1, -0.05) is 153 Å². The maximum absolute atomic E-state index is 2.44. The molecule has 12 rings (SSSR count). The second-order valence-corrected chi connectivity index (χ2v) is 17.3. The van der Waals surface area contributed by atoms with Gasteiger partial charge in [0.1, 0.15) is 0 Å². The Hall–Kier alpha value is -7.94. The molecular formula is C62H46N2. The van der Waals surface area contributed by atoms with Gasteiger partial charge in [0.15, 0.2) is 0 Å². The zero-order valence-corrected chi connectivity index (χ0v) is 35.8. The molecule has 0 aliphatic heterocycles. The lowest BCUT2D eigenvalue weighted by Gasteiger charge is -2.17. The van der Waals surface area contributed by atoms with Gasteiger partial charge in [0.25, 0.3) is 0 Å². The van der Waals surface area contributed by atoms with E-state index < -0.39 is 0 Å². The molecule has 0 spiro atoms. The van der Waals surface area contributed by atoms with Gasteiger partial charge in [-0.3, -0.25) is 0 Å². The second kappa shape index (κ2) is 15.8. The molecule has 2 heterocycles. The van der Waals surface area contributed by atoms with Crippen LogP contribution in [0.25, 0.3) is 101 Å². The summed E-state index contributed by atoms with van der Waals surface area (Å²) in [6, 6.07) is 71.7. The highest BCUT2D eigenvalue weighted by molar-refractivity contribution is 5.93. The lowest BCUT2D eigenvalue weighted by Crippen LogP contribution is -2.02. The number of nitrogens with zero attached hydrogens (tertiary/aromatic N) is 2. The molecule has 10 aromatic rings. The van der Waals surface area contributed by atoms with Gasteiger partial charge in [-0.15, -0.1) is 0 Å². The van der Waals surface area contributed by atoms with Crippen molar-refractivity contribution in [2.24, 2.45) is 0 Å². The standard InChI is InChI=1S/C62H46N2/c1-42-16-15-27-61-62(42)57-23-12-14-26-60(57)64(61)54-34-30-46(31-35-54)50-37-48(44-19-7-3-8-20-44)39-52(41-50)51-38-47(43-17-5-2-6-18-43)36-49(40-51)45-28-32-53(33-29-45)63-58-24-10-4-9-21-55(58)56-22-11-13-25-59(56)63/h2-15,17-20,22-42H,16,21H2,1H3. The lowest BCUT2D eigenvalue weighted by atomic mass is 9.90. The van der Waals surface area contributed by atoms with Crippen LogP contribution < -0.4 is 0 Å². The van der Waals surface area contributed by atoms with Gasteiger partial charge in [-0.05, 0) is 170 Å². The van der Waals surface area contributed by atoms with Gasteiger partial charge in [0.05, 0.1) is 16.7 Å². The minimum atomic E-state index is 0.487. The summed E-state index contributed by atoms with van der Waals surface area (Å²) >= 11 is 0. The van der Waals surface area contributed by atoms with Crippen molar-refractivity contribution in [3.8, 4) is 67.0 Å². The van der Waals surface area contributed by atoms with Crippen LogP contribution in [0.15, 0.2) is 218 Å². The number of hydrogen-bond donors (Lipinski definition) is 0. The Balaban J connectivity index is 0.975. The Morgan fingerprint density at radius 2 is 0.812 bits per heavy atom. The van der Waals surface area contributed by atoms with Crippen LogP contribution in [0.2, 0.25) is 0 Å². The topological polar surface area (TPSA) is 9.86 Å². The number of allylic oxidation sites excluding steroid dienone is 4. The molecule has 0 saturated heterocycles. The molecule has 0 saturated carbocycles. The fourth-order valence-electron chi connectivity index (χ4n) is 10.3. The monoisotopic (exact) mass is 818 g/mol. The molecule has 0 amide bonds. The normalized spacial score (nSPS) is 14.2. The molecule has 2 aromatic heterocycles. The number of rotatable bonds is 7.